The van der Waals surface area contributed by atoms with Crippen LogP contribution in [0.15, 0.2) is 66.4 Å². The van der Waals surface area contributed by atoms with Gasteiger partial charge in [0, 0.05) is 11.1 Å². The van der Waals surface area contributed by atoms with Crippen molar-refractivity contribution in [1.29, 1.82) is 0 Å². The maximum atomic E-state index is 13.1. The van der Waals surface area contributed by atoms with Crippen LogP contribution in [0.25, 0.3) is 6.08 Å². The van der Waals surface area contributed by atoms with Crippen molar-refractivity contribution in [2.75, 3.05) is 6.61 Å². The van der Waals surface area contributed by atoms with Gasteiger partial charge in [-0.05, 0) is 62.4 Å². The molecule has 1 aliphatic rings. The summed E-state index contributed by atoms with van der Waals surface area (Å²) in [4.78, 5) is 25.2. The van der Waals surface area contributed by atoms with Gasteiger partial charge in [0.15, 0.2) is 5.76 Å². The molecule has 31 heavy (non-hydrogen) atoms. The molecule has 1 heterocycles. The van der Waals surface area contributed by atoms with Gasteiger partial charge < -0.3 is 14.2 Å². The highest BCUT2D eigenvalue weighted by molar-refractivity contribution is 6.15. The van der Waals surface area contributed by atoms with Gasteiger partial charge >= 0.3 is 5.97 Å². The van der Waals surface area contributed by atoms with Crippen LogP contribution >= 0.6 is 0 Å². The molecular weight excluding hydrogens is 399 g/mol. The third kappa shape index (κ3) is 4.05. The van der Waals surface area contributed by atoms with E-state index in [1.807, 2.05) is 31.2 Å². The first-order chi connectivity index (χ1) is 15.0. The minimum atomic E-state index is -0.631. The predicted molar refractivity (Wildman–Crippen MR) is 113 cm³/mol. The van der Waals surface area contributed by atoms with Crippen molar-refractivity contribution in [2.24, 2.45) is 0 Å². The fourth-order valence-corrected chi connectivity index (χ4v) is 3.25. The number of benzene rings is 3. The maximum Gasteiger partial charge on any atom is 0.343 e. The van der Waals surface area contributed by atoms with Crippen LogP contribution in [0.4, 0.5) is 4.39 Å². The van der Waals surface area contributed by atoms with E-state index in [0.717, 1.165) is 5.56 Å². The number of fused-ring (bicyclic) bond motifs is 1. The number of ketones is 1. The van der Waals surface area contributed by atoms with Crippen molar-refractivity contribution < 1.29 is 28.2 Å². The van der Waals surface area contributed by atoms with E-state index in [-0.39, 0.29) is 22.9 Å². The van der Waals surface area contributed by atoms with Gasteiger partial charge in [0.2, 0.25) is 5.78 Å². The molecule has 0 bridgehead atoms. The van der Waals surface area contributed by atoms with Crippen LogP contribution in [0.2, 0.25) is 0 Å². The zero-order valence-electron chi connectivity index (χ0n) is 17.0. The zero-order chi connectivity index (χ0) is 22.0. The molecule has 0 aliphatic carbocycles. The normalized spacial score (nSPS) is 13.6. The number of para-hydroxylation sites is 1. The quantitative estimate of drug-likeness (QED) is 0.317. The molecule has 4 rings (SSSR count). The minimum Gasteiger partial charge on any atom is -0.493 e. The molecule has 0 saturated heterocycles. The minimum absolute atomic E-state index is 0.160. The van der Waals surface area contributed by atoms with Crippen molar-refractivity contribution >= 4 is 17.8 Å². The lowest BCUT2D eigenvalue weighted by Crippen LogP contribution is -2.09. The molecule has 156 valence electrons. The second-order valence-corrected chi connectivity index (χ2v) is 6.87. The lowest BCUT2D eigenvalue weighted by Gasteiger charge is -2.10. The van der Waals surface area contributed by atoms with Gasteiger partial charge in [0.1, 0.15) is 23.1 Å². The van der Waals surface area contributed by atoms with Crippen LogP contribution in [0.3, 0.4) is 0 Å². The molecule has 0 N–H and O–H groups in total. The first kappa shape index (κ1) is 20.3. The monoisotopic (exact) mass is 418 g/mol. The number of rotatable bonds is 5. The van der Waals surface area contributed by atoms with E-state index >= 15 is 0 Å². The number of ether oxygens (including phenoxy) is 3. The molecular formula is C25H19FO5. The van der Waals surface area contributed by atoms with Crippen LogP contribution in [-0.2, 0) is 0 Å². The Kier molecular flexibility index (Phi) is 5.54. The second kappa shape index (κ2) is 8.44. The summed E-state index contributed by atoms with van der Waals surface area (Å²) in [5.41, 5.74) is 1.84. The Hall–Kier alpha value is -3.93. The number of Topliss-reactive ketones (excluding diaryl/α,β-unsaturated/α-hetero) is 1. The molecule has 0 unspecified atom stereocenters. The van der Waals surface area contributed by atoms with E-state index in [4.69, 9.17) is 14.2 Å². The summed E-state index contributed by atoms with van der Waals surface area (Å²) in [5.74, 6) is 0.0751. The Morgan fingerprint density at radius 1 is 1.03 bits per heavy atom. The number of hydrogen-bond acceptors (Lipinski definition) is 5. The molecule has 3 aromatic carbocycles. The fraction of sp³-hybridized carbons (Fsp3) is 0.120. The molecule has 0 aromatic heterocycles. The molecule has 0 atom stereocenters. The average molecular weight is 418 g/mol. The molecule has 0 saturated carbocycles. The van der Waals surface area contributed by atoms with Crippen molar-refractivity contribution in [2.45, 2.75) is 13.8 Å². The SMILES string of the molecule is CCOc1ccccc1/C=C1\Oc2c(ccc(OC(=O)c3ccc(F)cc3)c2C)C1=O. The maximum absolute atomic E-state index is 13.1. The Labute approximate surface area is 178 Å². The van der Waals surface area contributed by atoms with Crippen molar-refractivity contribution in [3.8, 4) is 17.2 Å². The third-order valence-corrected chi connectivity index (χ3v) is 4.82. The van der Waals surface area contributed by atoms with Crippen molar-refractivity contribution in [3.63, 3.8) is 0 Å². The van der Waals surface area contributed by atoms with Crippen molar-refractivity contribution in [1.82, 2.24) is 0 Å². The van der Waals surface area contributed by atoms with Crippen molar-refractivity contribution in [3.05, 3.63) is 94.5 Å². The first-order valence-electron chi connectivity index (χ1n) is 9.75. The van der Waals surface area contributed by atoms with E-state index in [1.165, 1.54) is 24.3 Å². The summed E-state index contributed by atoms with van der Waals surface area (Å²) in [6.07, 6.45) is 1.64. The number of hydrogen-bond donors (Lipinski definition) is 0. The molecule has 3 aromatic rings. The first-order valence-corrected chi connectivity index (χ1v) is 9.75. The second-order valence-electron chi connectivity index (χ2n) is 6.87. The molecule has 0 spiro atoms. The van der Waals surface area contributed by atoms with E-state index in [2.05, 4.69) is 0 Å². The van der Waals surface area contributed by atoms with Crippen LogP contribution in [0.1, 0.15) is 38.8 Å². The fourth-order valence-electron chi connectivity index (χ4n) is 3.25. The van der Waals surface area contributed by atoms with Gasteiger partial charge in [-0.1, -0.05) is 18.2 Å². The van der Waals surface area contributed by atoms with Gasteiger partial charge in [-0.25, -0.2) is 9.18 Å². The number of halogens is 1. The van der Waals surface area contributed by atoms with E-state index < -0.39 is 11.8 Å². The molecule has 0 radical (unpaired) electrons. The van der Waals surface area contributed by atoms with E-state index in [0.29, 0.717) is 29.2 Å². The summed E-state index contributed by atoms with van der Waals surface area (Å²) < 4.78 is 30.0. The number of esters is 1. The van der Waals surface area contributed by atoms with Crippen LogP contribution < -0.4 is 14.2 Å². The van der Waals surface area contributed by atoms with Gasteiger partial charge in [-0.15, -0.1) is 0 Å². The standard InChI is InChI=1S/C25H19FO5/c1-3-29-21-7-5-4-6-17(21)14-22-23(27)19-12-13-20(15(2)24(19)30-22)31-25(28)16-8-10-18(26)11-9-16/h4-14H,3H2,1-2H3/b22-14-. The molecule has 0 fully saturated rings. The summed E-state index contributed by atoms with van der Waals surface area (Å²) in [7, 11) is 0. The summed E-state index contributed by atoms with van der Waals surface area (Å²) in [6.45, 7) is 4.09. The van der Waals surface area contributed by atoms with Crippen LogP contribution in [0, 0.1) is 12.7 Å². The number of carbonyl (C=O) groups excluding carboxylic acids is 2. The lowest BCUT2D eigenvalue weighted by atomic mass is 10.1. The number of allylic oxidation sites excluding steroid dienone is 1. The average Bonchev–Trinajstić information content (AvgIpc) is 3.08. The van der Waals surface area contributed by atoms with E-state index in [9.17, 15) is 14.0 Å². The highest BCUT2D eigenvalue weighted by Gasteiger charge is 2.31. The molecule has 6 heteroatoms. The predicted octanol–water partition coefficient (Wildman–Crippen LogP) is 5.37. The Balaban J connectivity index is 1.61. The largest absolute Gasteiger partial charge is 0.493 e. The Bertz CT molecular complexity index is 1200. The third-order valence-electron chi connectivity index (χ3n) is 4.82. The molecule has 1 aliphatic heterocycles. The van der Waals surface area contributed by atoms with Gasteiger partial charge in [-0.3, -0.25) is 4.79 Å². The smallest absolute Gasteiger partial charge is 0.343 e. The Morgan fingerprint density at radius 3 is 2.52 bits per heavy atom. The number of carbonyl (C=O) groups is 2. The Morgan fingerprint density at radius 2 is 1.77 bits per heavy atom. The van der Waals surface area contributed by atoms with Gasteiger partial charge in [0.25, 0.3) is 0 Å². The van der Waals surface area contributed by atoms with Crippen LogP contribution in [-0.4, -0.2) is 18.4 Å². The highest BCUT2D eigenvalue weighted by atomic mass is 19.1. The summed E-state index contributed by atoms with van der Waals surface area (Å²) in [6, 6.07) is 15.5. The summed E-state index contributed by atoms with van der Waals surface area (Å²) >= 11 is 0. The molecule has 0 amide bonds. The van der Waals surface area contributed by atoms with Gasteiger partial charge in [-0.2, -0.15) is 0 Å². The van der Waals surface area contributed by atoms with E-state index in [1.54, 1.807) is 25.1 Å². The molecule has 5 nitrogen and oxygen atoms in total. The lowest BCUT2D eigenvalue weighted by molar-refractivity contribution is 0.0733. The van der Waals surface area contributed by atoms with Gasteiger partial charge in [0.05, 0.1) is 17.7 Å². The summed E-state index contributed by atoms with van der Waals surface area (Å²) in [5, 5.41) is 0. The van der Waals surface area contributed by atoms with Crippen LogP contribution in [0.5, 0.6) is 17.2 Å². The topological polar surface area (TPSA) is 61.8 Å². The highest BCUT2D eigenvalue weighted by Crippen LogP contribution is 2.40. The zero-order valence-corrected chi connectivity index (χ0v) is 17.0.